The molecule has 0 bridgehead atoms. The number of carbonyl (C=O) groups is 1. The van der Waals surface area contributed by atoms with Crippen molar-refractivity contribution in [2.45, 2.75) is 46.1 Å². The van der Waals surface area contributed by atoms with Crippen LogP contribution >= 0.6 is 0 Å². The first-order valence-electron chi connectivity index (χ1n) is 10.0. The third-order valence-electron chi connectivity index (χ3n) is 4.99. The van der Waals surface area contributed by atoms with Crippen LogP contribution in [0.15, 0.2) is 36.9 Å². The maximum absolute atomic E-state index is 14.8. The van der Waals surface area contributed by atoms with Crippen LogP contribution in [0.1, 0.15) is 42.4 Å². The van der Waals surface area contributed by atoms with E-state index in [9.17, 15) is 13.6 Å². The summed E-state index contributed by atoms with van der Waals surface area (Å²) in [5.41, 5.74) is 1.04. The number of carbonyl (C=O) groups excluding carboxylic acids is 1. The van der Waals surface area contributed by atoms with Gasteiger partial charge in [0.15, 0.2) is 0 Å². The predicted molar refractivity (Wildman–Crippen MR) is 110 cm³/mol. The molecule has 1 aromatic carbocycles. The van der Waals surface area contributed by atoms with Gasteiger partial charge in [-0.2, -0.15) is 5.10 Å². The number of rotatable bonds is 7. The summed E-state index contributed by atoms with van der Waals surface area (Å²) in [5, 5.41) is 4.21. The predicted octanol–water partition coefficient (Wildman–Crippen LogP) is 3.78. The van der Waals surface area contributed by atoms with Crippen LogP contribution in [0.4, 0.5) is 8.78 Å². The van der Waals surface area contributed by atoms with Gasteiger partial charge in [0.2, 0.25) is 5.88 Å². The lowest BCUT2D eigenvalue weighted by Crippen LogP contribution is -2.26. The minimum Gasteiger partial charge on any atom is -0.474 e. The fourth-order valence-electron chi connectivity index (χ4n) is 3.37. The molecule has 31 heavy (non-hydrogen) atoms. The van der Waals surface area contributed by atoms with Gasteiger partial charge in [0.1, 0.15) is 30.0 Å². The van der Waals surface area contributed by atoms with Crippen molar-refractivity contribution in [1.82, 2.24) is 24.6 Å². The average Bonchev–Trinajstić information content (AvgIpc) is 3.33. The molecule has 4 rings (SSSR count). The Kier molecular flexibility index (Phi) is 5.43. The second-order valence-electron chi connectivity index (χ2n) is 8.06. The smallest absolute Gasteiger partial charge is 0.261 e. The molecule has 2 aromatic heterocycles. The number of hydrogen-bond donors (Lipinski definition) is 0. The highest BCUT2D eigenvalue weighted by Crippen LogP contribution is 2.30. The molecule has 3 aromatic rings. The molecule has 0 spiro atoms. The van der Waals surface area contributed by atoms with E-state index in [1.165, 1.54) is 31.1 Å². The summed E-state index contributed by atoms with van der Waals surface area (Å²) in [6, 6.07) is 4.91. The number of nitrogens with zero attached hydrogens (tertiary/aromatic N) is 5. The Bertz CT molecular complexity index is 1120. The molecule has 7 nitrogen and oxygen atoms in total. The monoisotopic (exact) mass is 427 g/mol. The molecular formula is C22H23F2N5O2. The fourth-order valence-corrected chi connectivity index (χ4v) is 3.37. The summed E-state index contributed by atoms with van der Waals surface area (Å²) in [5.74, 6) is -0.728. The minimum absolute atomic E-state index is 0.0481. The molecule has 9 heteroatoms. The Morgan fingerprint density at radius 1 is 1.23 bits per heavy atom. The van der Waals surface area contributed by atoms with Gasteiger partial charge in [-0.3, -0.25) is 9.48 Å². The molecule has 0 saturated heterocycles. The molecule has 1 aliphatic rings. The zero-order valence-electron chi connectivity index (χ0n) is 17.6. The van der Waals surface area contributed by atoms with E-state index < -0.39 is 11.5 Å². The maximum atomic E-state index is 14.8. The number of benzene rings is 1. The average molecular weight is 427 g/mol. The molecule has 0 unspecified atom stereocenters. The van der Waals surface area contributed by atoms with Crippen molar-refractivity contribution in [3.8, 4) is 17.0 Å². The van der Waals surface area contributed by atoms with Gasteiger partial charge in [0.25, 0.3) is 5.91 Å². The number of ether oxygens (including phenoxy) is 1. The van der Waals surface area contributed by atoms with Gasteiger partial charge in [0.05, 0.1) is 18.4 Å². The van der Waals surface area contributed by atoms with Crippen LogP contribution in [0, 0.1) is 5.82 Å². The Morgan fingerprint density at radius 2 is 2.03 bits per heavy atom. The van der Waals surface area contributed by atoms with E-state index in [4.69, 9.17) is 4.74 Å². The highest BCUT2D eigenvalue weighted by atomic mass is 19.1. The maximum Gasteiger partial charge on any atom is 0.261 e. The SMILES string of the molecule is CCn1cc(-c2ccc(CN3Cc4ncnc(OCC(C)(C)F)c4C3=O)c(F)c2)cn1. The molecule has 0 saturated carbocycles. The van der Waals surface area contributed by atoms with Crippen LogP contribution in [-0.2, 0) is 19.6 Å². The standard InChI is InChI=1S/C22H23F2N5O2/c1-4-29-10-16(8-27-29)14-5-6-15(17(23)7-14)9-28-11-18-19(21(28)30)20(26-13-25-18)31-12-22(2,3)24/h5-8,10,13H,4,9,11-12H2,1-3H3. The normalized spacial score (nSPS) is 13.6. The molecule has 0 N–H and O–H groups in total. The van der Waals surface area contributed by atoms with Gasteiger partial charge < -0.3 is 9.64 Å². The summed E-state index contributed by atoms with van der Waals surface area (Å²) in [6.07, 6.45) is 4.83. The summed E-state index contributed by atoms with van der Waals surface area (Å²) in [4.78, 5) is 22.5. The highest BCUT2D eigenvalue weighted by Gasteiger charge is 2.34. The van der Waals surface area contributed by atoms with Crippen LogP contribution in [-0.4, -0.2) is 42.8 Å². The van der Waals surface area contributed by atoms with Crippen molar-refractivity contribution >= 4 is 5.91 Å². The highest BCUT2D eigenvalue weighted by molar-refractivity contribution is 5.99. The van der Waals surface area contributed by atoms with Gasteiger partial charge in [-0.15, -0.1) is 0 Å². The first kappa shape index (κ1) is 20.9. The zero-order chi connectivity index (χ0) is 22.2. The van der Waals surface area contributed by atoms with E-state index in [1.54, 1.807) is 23.0 Å². The molecule has 0 fully saturated rings. The second kappa shape index (κ2) is 8.05. The molecule has 162 valence electrons. The molecular weight excluding hydrogens is 404 g/mol. The molecule has 3 heterocycles. The summed E-state index contributed by atoms with van der Waals surface area (Å²) in [7, 11) is 0. The summed E-state index contributed by atoms with van der Waals surface area (Å²) < 4.78 is 35.8. The van der Waals surface area contributed by atoms with Crippen molar-refractivity contribution in [2.75, 3.05) is 6.61 Å². The third kappa shape index (κ3) is 4.40. The van der Waals surface area contributed by atoms with Crippen molar-refractivity contribution in [3.05, 3.63) is 59.6 Å². The van der Waals surface area contributed by atoms with Crippen LogP contribution in [0.3, 0.4) is 0 Å². The van der Waals surface area contributed by atoms with Gasteiger partial charge in [-0.1, -0.05) is 12.1 Å². The lowest BCUT2D eigenvalue weighted by molar-refractivity contribution is 0.0753. The van der Waals surface area contributed by atoms with E-state index in [0.717, 1.165) is 12.1 Å². The number of fused-ring (bicyclic) bond motifs is 1. The van der Waals surface area contributed by atoms with Gasteiger partial charge in [-0.05, 0) is 32.4 Å². The summed E-state index contributed by atoms with van der Waals surface area (Å²) >= 11 is 0. The molecule has 1 aliphatic heterocycles. The number of amides is 1. The lowest BCUT2D eigenvalue weighted by Gasteiger charge is -2.17. The minimum atomic E-state index is -1.57. The van der Waals surface area contributed by atoms with Gasteiger partial charge >= 0.3 is 0 Å². The second-order valence-corrected chi connectivity index (χ2v) is 8.06. The Labute approximate surface area is 178 Å². The first-order chi connectivity index (χ1) is 14.7. The molecule has 0 aliphatic carbocycles. The van der Waals surface area contributed by atoms with Gasteiger partial charge in [0, 0.05) is 30.4 Å². The fraction of sp³-hybridized carbons (Fsp3) is 0.364. The Balaban J connectivity index is 1.52. The van der Waals surface area contributed by atoms with E-state index in [0.29, 0.717) is 16.8 Å². The number of halogens is 2. The van der Waals surface area contributed by atoms with E-state index >= 15 is 0 Å². The van der Waals surface area contributed by atoms with Crippen molar-refractivity contribution in [3.63, 3.8) is 0 Å². The first-order valence-corrected chi connectivity index (χ1v) is 10.0. The third-order valence-corrected chi connectivity index (χ3v) is 4.99. The number of alkyl halides is 1. The van der Waals surface area contributed by atoms with Crippen LogP contribution in [0.2, 0.25) is 0 Å². The summed E-state index contributed by atoms with van der Waals surface area (Å²) in [6.45, 7) is 5.50. The van der Waals surface area contributed by atoms with Crippen LogP contribution < -0.4 is 4.74 Å². The van der Waals surface area contributed by atoms with Crippen molar-refractivity contribution in [1.29, 1.82) is 0 Å². The Morgan fingerprint density at radius 3 is 2.71 bits per heavy atom. The topological polar surface area (TPSA) is 73.1 Å². The molecule has 0 radical (unpaired) electrons. The van der Waals surface area contributed by atoms with Gasteiger partial charge in [-0.25, -0.2) is 18.7 Å². The number of hydrogen-bond acceptors (Lipinski definition) is 5. The lowest BCUT2D eigenvalue weighted by atomic mass is 10.1. The largest absolute Gasteiger partial charge is 0.474 e. The quantitative estimate of drug-likeness (QED) is 0.574. The van der Waals surface area contributed by atoms with Crippen molar-refractivity contribution < 1.29 is 18.3 Å². The van der Waals surface area contributed by atoms with Crippen molar-refractivity contribution in [2.24, 2.45) is 0 Å². The van der Waals surface area contributed by atoms with Crippen LogP contribution in [0.25, 0.3) is 11.1 Å². The van der Waals surface area contributed by atoms with E-state index in [1.807, 2.05) is 13.1 Å². The molecule has 1 amide bonds. The molecule has 0 atom stereocenters. The van der Waals surface area contributed by atoms with E-state index in [2.05, 4.69) is 15.1 Å². The number of aryl methyl sites for hydroxylation is 1. The zero-order valence-corrected chi connectivity index (χ0v) is 17.6. The van der Waals surface area contributed by atoms with E-state index in [-0.39, 0.29) is 37.0 Å². The Hall–Kier alpha value is -3.36. The number of aromatic nitrogens is 4. The van der Waals surface area contributed by atoms with Crippen LogP contribution in [0.5, 0.6) is 5.88 Å².